The second-order valence-corrected chi connectivity index (χ2v) is 16.5. The summed E-state index contributed by atoms with van der Waals surface area (Å²) in [7, 11) is 0. The van der Waals surface area contributed by atoms with E-state index in [4.69, 9.17) is 15.2 Å². The van der Waals surface area contributed by atoms with E-state index in [1.165, 1.54) is 15.8 Å². The number of unbranched alkanes of at least 4 members (excludes halogenated alkanes) is 1. The van der Waals surface area contributed by atoms with Crippen molar-refractivity contribution in [1.82, 2.24) is 29.8 Å². The van der Waals surface area contributed by atoms with Crippen LogP contribution in [0.4, 0.5) is 25.4 Å². The zero-order valence-electron chi connectivity index (χ0n) is 35.7. The van der Waals surface area contributed by atoms with Gasteiger partial charge in [-0.05, 0) is 79.6 Å². The van der Waals surface area contributed by atoms with Gasteiger partial charge in [0.25, 0.3) is 0 Å². The van der Waals surface area contributed by atoms with Crippen LogP contribution in [0.5, 0.6) is 0 Å². The Bertz CT molecular complexity index is 2650. The van der Waals surface area contributed by atoms with Crippen LogP contribution in [0.2, 0.25) is 0 Å². The lowest BCUT2D eigenvalue weighted by Gasteiger charge is -2.35. The van der Waals surface area contributed by atoms with Crippen LogP contribution in [-0.2, 0) is 40.4 Å². The van der Waals surface area contributed by atoms with Crippen LogP contribution in [0.3, 0.4) is 0 Å². The number of pyridine rings is 1. The van der Waals surface area contributed by atoms with Gasteiger partial charge in [0.15, 0.2) is 0 Å². The number of carboxylic acids is 1. The number of halogens is 1. The summed E-state index contributed by atoms with van der Waals surface area (Å²) >= 11 is 1.55. The maximum Gasteiger partial charge on any atom is 0.410 e. The van der Waals surface area contributed by atoms with E-state index in [2.05, 4.69) is 20.9 Å². The van der Waals surface area contributed by atoms with Gasteiger partial charge in [0.1, 0.15) is 36.3 Å². The van der Waals surface area contributed by atoms with E-state index in [-0.39, 0.29) is 43.3 Å². The quantitative estimate of drug-likeness (QED) is 0.0681. The van der Waals surface area contributed by atoms with Crippen molar-refractivity contribution in [3.8, 4) is 0 Å². The zero-order valence-corrected chi connectivity index (χ0v) is 36.5. The number of carbonyl (C=O) groups excluding carboxylic acids is 3. The van der Waals surface area contributed by atoms with Gasteiger partial charge in [-0.2, -0.15) is 0 Å². The molecule has 5 N–H and O–H groups in total. The number of anilines is 2. The molecule has 0 spiro atoms. The van der Waals surface area contributed by atoms with Gasteiger partial charge in [-0.25, -0.2) is 23.5 Å². The van der Waals surface area contributed by atoms with Gasteiger partial charge < -0.3 is 45.3 Å². The number of alkyl carbamates (subject to hydrolysis) is 1. The number of carbonyl (C=O) groups is 4. The van der Waals surface area contributed by atoms with Crippen molar-refractivity contribution < 1.29 is 38.1 Å². The number of aromatic carboxylic acids is 1. The van der Waals surface area contributed by atoms with E-state index < -0.39 is 47.0 Å². The highest BCUT2D eigenvalue weighted by Crippen LogP contribution is 2.28. The van der Waals surface area contributed by atoms with Crippen LogP contribution >= 0.6 is 11.3 Å². The number of rotatable bonds is 18. The number of fused-ring (bicyclic) bond motifs is 1. The molecule has 1 saturated heterocycles. The van der Waals surface area contributed by atoms with Crippen molar-refractivity contribution in [2.45, 2.75) is 64.4 Å². The van der Waals surface area contributed by atoms with E-state index in [1.54, 1.807) is 64.3 Å². The van der Waals surface area contributed by atoms with Crippen molar-refractivity contribution >= 4 is 57.7 Å². The summed E-state index contributed by atoms with van der Waals surface area (Å²) < 4.78 is 29.6. The fourth-order valence-corrected chi connectivity index (χ4v) is 8.32. The number of aryl methyl sites for hydroxylation is 1. The van der Waals surface area contributed by atoms with E-state index >= 15 is 4.39 Å². The predicted octanol–water partition coefficient (Wildman–Crippen LogP) is 6.49. The number of hydrogen-bond donors (Lipinski definition) is 4. The molecule has 340 valence electrons. The zero-order chi connectivity index (χ0) is 45.9. The predicted molar refractivity (Wildman–Crippen MR) is 242 cm³/mol. The normalized spacial score (nSPS) is 13.6. The summed E-state index contributed by atoms with van der Waals surface area (Å²) in [6.07, 6.45) is 4.03. The Balaban J connectivity index is 0.938. The highest BCUT2D eigenvalue weighted by atomic mass is 32.1. The number of carboxylic acid groups (broad SMARTS) is 1. The van der Waals surface area contributed by atoms with Crippen LogP contribution < -0.4 is 26.7 Å². The number of benzene rings is 3. The molecule has 0 aliphatic carbocycles. The van der Waals surface area contributed by atoms with Crippen LogP contribution in [0.1, 0.15) is 70.3 Å². The smallest absolute Gasteiger partial charge is 0.410 e. The van der Waals surface area contributed by atoms with Gasteiger partial charge in [0.05, 0.1) is 23.4 Å². The number of ether oxygens (including phenoxy) is 2. The summed E-state index contributed by atoms with van der Waals surface area (Å²) in [6, 6.07) is 21.5. The Kier molecular flexibility index (Phi) is 15.2. The number of aromatic nitrogens is 4. The largest absolute Gasteiger partial charge is 0.477 e. The molecule has 1 aliphatic heterocycles. The first-order chi connectivity index (χ1) is 31.5. The lowest BCUT2D eigenvalue weighted by Crippen LogP contribution is -2.49. The molecular weight excluding hydrogens is 858 g/mol. The van der Waals surface area contributed by atoms with Crippen molar-refractivity contribution in [2.75, 3.05) is 42.9 Å². The molecule has 4 heterocycles. The van der Waals surface area contributed by atoms with Crippen molar-refractivity contribution in [1.29, 1.82) is 0 Å². The maximum atomic E-state index is 15.4. The highest BCUT2D eigenvalue weighted by molar-refractivity contribution is 7.09. The van der Waals surface area contributed by atoms with Crippen LogP contribution in [-0.4, -0.2) is 86.4 Å². The molecule has 6 aromatic rings. The molecule has 0 saturated carbocycles. The first kappa shape index (κ1) is 45.9. The average molecular weight is 908 g/mol. The number of piperazine rings is 1. The number of nitrogens with zero attached hydrogens (tertiary/aromatic N) is 6. The number of thiophene rings is 1. The molecular formula is C46H50FN9O8S. The molecule has 2 unspecified atom stereocenters. The first-order valence-corrected chi connectivity index (χ1v) is 22.2. The summed E-state index contributed by atoms with van der Waals surface area (Å²) in [5.74, 6) is -2.36. The topological polar surface area (TPSA) is 216 Å². The van der Waals surface area contributed by atoms with Crippen LogP contribution in [0.15, 0.2) is 101 Å². The first-order valence-electron chi connectivity index (χ1n) is 21.3. The third kappa shape index (κ3) is 11.5. The Labute approximate surface area is 377 Å². The number of nitrogens with one attached hydrogen (secondary N) is 2. The van der Waals surface area contributed by atoms with E-state index in [0.717, 1.165) is 16.5 Å². The van der Waals surface area contributed by atoms with Crippen molar-refractivity contribution in [3.05, 3.63) is 140 Å². The number of hydrogen-bond acceptors (Lipinski definition) is 12. The molecule has 1 fully saturated rings. The minimum atomic E-state index is -1.38. The second-order valence-electron chi connectivity index (χ2n) is 15.5. The molecule has 19 heteroatoms. The second kappa shape index (κ2) is 21.5. The van der Waals surface area contributed by atoms with Crippen LogP contribution in [0.25, 0.3) is 10.9 Å². The SMILES string of the molecule is CCn1cc(C(=O)O)c(=O)c2cc(F)c(N3CCN(C(=O)OCc4ccc(NC(=O)C(CCCCN)n5cc(C(Cc6cccs6)NC(=O)OCc6ccccc6)nn5)cc4)CC3)cc21. The monoisotopic (exact) mass is 907 g/mol. The molecule has 3 aromatic heterocycles. The van der Waals surface area contributed by atoms with Gasteiger partial charge in [0, 0.05) is 61.3 Å². The standard InChI is InChI=1S/C46H50FN9O8S/c1-2-53-26-35(44(59)60)42(57)34-24-36(47)41(25-40(34)53)54-18-20-55(21-19-54)46(62)64-29-31-13-15-32(16-14-31)49-43(58)39(12-6-7-17-48)56-27-38(51-52-56)37(23-33-11-8-22-65-33)50-45(61)63-28-30-9-4-3-5-10-30/h3-5,8-11,13-16,22,24-27,37,39H,2,6-7,12,17-21,23,28-29,48H2,1H3,(H,49,58)(H,50,61)(H,59,60). The highest BCUT2D eigenvalue weighted by Gasteiger charge is 2.28. The van der Waals surface area contributed by atoms with Gasteiger partial charge in [0.2, 0.25) is 11.3 Å². The Hall–Kier alpha value is -7.12. The lowest BCUT2D eigenvalue weighted by molar-refractivity contribution is -0.119. The fourth-order valence-electron chi connectivity index (χ4n) is 7.57. The van der Waals surface area contributed by atoms with Gasteiger partial charge >= 0.3 is 18.2 Å². The molecule has 65 heavy (non-hydrogen) atoms. The molecule has 3 amide bonds. The van der Waals surface area contributed by atoms with E-state index in [9.17, 15) is 29.1 Å². The minimum absolute atomic E-state index is 0.0149. The van der Waals surface area contributed by atoms with Crippen molar-refractivity contribution in [3.63, 3.8) is 0 Å². The third-order valence-electron chi connectivity index (χ3n) is 11.1. The Morgan fingerprint density at radius 2 is 1.66 bits per heavy atom. The number of nitrogens with two attached hydrogens (primary N) is 1. The summed E-state index contributed by atoms with van der Waals surface area (Å²) in [5.41, 5.74) is 7.80. The third-order valence-corrected chi connectivity index (χ3v) is 12.0. The molecule has 3 aromatic carbocycles. The summed E-state index contributed by atoms with van der Waals surface area (Å²) in [5, 5.41) is 26.0. The number of amides is 3. The molecule has 0 bridgehead atoms. The molecule has 2 atom stereocenters. The maximum absolute atomic E-state index is 15.4. The summed E-state index contributed by atoms with van der Waals surface area (Å²) in [6.45, 7) is 3.83. The average Bonchev–Trinajstić information content (AvgIpc) is 4.03. The Morgan fingerprint density at radius 1 is 0.923 bits per heavy atom. The van der Waals surface area contributed by atoms with Gasteiger partial charge in [-0.15, -0.1) is 16.4 Å². The minimum Gasteiger partial charge on any atom is -0.477 e. The molecule has 1 aliphatic rings. The molecule has 17 nitrogen and oxygen atoms in total. The van der Waals surface area contributed by atoms with E-state index in [1.807, 2.05) is 47.8 Å². The van der Waals surface area contributed by atoms with Crippen LogP contribution in [0, 0.1) is 5.82 Å². The molecule has 7 rings (SSSR count). The summed E-state index contributed by atoms with van der Waals surface area (Å²) in [4.78, 5) is 68.6. The van der Waals surface area contributed by atoms with Gasteiger partial charge in [-0.3, -0.25) is 9.59 Å². The fraction of sp³-hybridized carbons (Fsp3) is 0.326. The van der Waals surface area contributed by atoms with Crippen molar-refractivity contribution in [2.24, 2.45) is 5.73 Å². The van der Waals surface area contributed by atoms with E-state index in [0.29, 0.717) is 74.3 Å². The molecule has 0 radical (unpaired) electrons. The van der Waals surface area contributed by atoms with Gasteiger partial charge in [-0.1, -0.05) is 53.7 Å². The Morgan fingerprint density at radius 3 is 2.35 bits per heavy atom. The lowest BCUT2D eigenvalue weighted by atomic mass is 10.1.